The fourth-order valence-corrected chi connectivity index (χ4v) is 3.50. The predicted molar refractivity (Wildman–Crippen MR) is 111 cm³/mol. The van der Waals surface area contributed by atoms with Gasteiger partial charge in [0.1, 0.15) is 11.4 Å². The number of rotatable bonds is 5. The number of halogens is 9. The van der Waals surface area contributed by atoms with Crippen LogP contribution in [0.15, 0.2) is 35.1 Å². The fourth-order valence-electron chi connectivity index (χ4n) is 2.79. The number of ether oxygens (including phenoxy) is 1. The topological polar surface area (TPSA) is 82.5 Å². The number of aromatic nitrogens is 4. The van der Waals surface area contributed by atoms with Crippen molar-refractivity contribution in [2.24, 2.45) is 0 Å². The fraction of sp³-hybridized carbons (Fsp3) is 0.158. The number of Topliss-reactive ketones (excluding diaryl/α,β-unsaturated/α-hetero) is 1. The first-order valence-electron chi connectivity index (χ1n) is 9.06. The lowest BCUT2D eigenvalue weighted by molar-refractivity contribution is -0.173. The van der Waals surface area contributed by atoms with Crippen molar-refractivity contribution in [3.63, 3.8) is 0 Å². The van der Waals surface area contributed by atoms with Gasteiger partial charge in [0.15, 0.2) is 12.3 Å². The lowest BCUT2D eigenvalue weighted by atomic mass is 10.2. The first-order chi connectivity index (χ1) is 16.2. The molecule has 184 valence electrons. The summed E-state index contributed by atoms with van der Waals surface area (Å²) in [6, 6.07) is 2.95. The Bertz CT molecular complexity index is 1450. The number of carbonyl (C=O) groups excluding carboxylic acids is 1. The van der Waals surface area contributed by atoms with Crippen molar-refractivity contribution in [1.29, 1.82) is 0 Å². The molecular formula is C19H7Cl3F6N4O3. The largest absolute Gasteiger partial charge is 0.484 e. The van der Waals surface area contributed by atoms with E-state index in [1.54, 1.807) is 0 Å². The van der Waals surface area contributed by atoms with Crippen molar-refractivity contribution < 1.29 is 40.4 Å². The van der Waals surface area contributed by atoms with Crippen LogP contribution >= 0.6 is 34.8 Å². The molecule has 0 atom stereocenters. The molecule has 0 saturated carbocycles. The molecule has 0 spiro atoms. The lowest BCUT2D eigenvalue weighted by Crippen LogP contribution is -2.28. The summed E-state index contributed by atoms with van der Waals surface area (Å²) in [5.41, 5.74) is -0.906. The number of hydrogen-bond donors (Lipinski definition) is 0. The van der Waals surface area contributed by atoms with Crippen molar-refractivity contribution >= 4 is 46.2 Å². The maximum atomic E-state index is 13.0. The number of hydrogen-bond acceptors (Lipinski definition) is 6. The molecule has 3 aromatic heterocycles. The van der Waals surface area contributed by atoms with E-state index in [0.717, 1.165) is 22.7 Å². The van der Waals surface area contributed by atoms with Crippen LogP contribution in [0.4, 0.5) is 26.3 Å². The lowest BCUT2D eigenvalue weighted by Gasteiger charge is -2.10. The Balaban J connectivity index is 1.62. The zero-order chi connectivity index (χ0) is 25.7. The minimum atomic E-state index is -5.08. The highest BCUT2D eigenvalue weighted by Crippen LogP contribution is 2.37. The molecule has 0 bridgehead atoms. The van der Waals surface area contributed by atoms with Crippen LogP contribution < -0.4 is 4.74 Å². The van der Waals surface area contributed by atoms with Crippen LogP contribution in [0.25, 0.3) is 28.6 Å². The Labute approximate surface area is 205 Å². The molecule has 35 heavy (non-hydrogen) atoms. The van der Waals surface area contributed by atoms with Crippen LogP contribution in [-0.4, -0.2) is 38.1 Å². The molecule has 4 aromatic rings. The van der Waals surface area contributed by atoms with Crippen LogP contribution in [0, 0.1) is 0 Å². The van der Waals surface area contributed by atoms with E-state index >= 15 is 0 Å². The molecule has 3 heterocycles. The standard InChI is InChI=1S/C19H7Cl3F6N4O3/c20-9-3-13(34-6-14(33)19(26,27)28)10(21)2-8(9)15-30-17(35-31-15)12-5-32-4-7(18(23,24)25)1-11(22)16(32)29-12/h1-5H,6H2. The van der Waals surface area contributed by atoms with Gasteiger partial charge in [0.2, 0.25) is 5.82 Å². The van der Waals surface area contributed by atoms with E-state index in [2.05, 4.69) is 15.1 Å². The van der Waals surface area contributed by atoms with Gasteiger partial charge in [0, 0.05) is 24.0 Å². The van der Waals surface area contributed by atoms with Crippen molar-refractivity contribution in [1.82, 2.24) is 19.5 Å². The van der Waals surface area contributed by atoms with Crippen LogP contribution in [-0.2, 0) is 11.0 Å². The molecule has 7 nitrogen and oxygen atoms in total. The number of imidazole rings is 1. The van der Waals surface area contributed by atoms with E-state index in [1.807, 2.05) is 0 Å². The number of benzene rings is 1. The van der Waals surface area contributed by atoms with Crippen LogP contribution in [0.5, 0.6) is 5.75 Å². The van der Waals surface area contributed by atoms with E-state index < -0.39 is 30.3 Å². The van der Waals surface area contributed by atoms with E-state index in [4.69, 9.17) is 44.1 Å². The molecule has 0 aliphatic heterocycles. The second-order valence-electron chi connectivity index (χ2n) is 6.83. The minimum absolute atomic E-state index is 0.00203. The van der Waals surface area contributed by atoms with E-state index in [9.17, 15) is 31.1 Å². The highest BCUT2D eigenvalue weighted by atomic mass is 35.5. The van der Waals surface area contributed by atoms with Gasteiger partial charge < -0.3 is 13.7 Å². The zero-order valence-corrected chi connectivity index (χ0v) is 18.8. The van der Waals surface area contributed by atoms with Gasteiger partial charge in [0.05, 0.1) is 20.6 Å². The average molecular weight is 560 g/mol. The third-order valence-corrected chi connectivity index (χ3v) is 5.30. The summed E-state index contributed by atoms with van der Waals surface area (Å²) in [5.74, 6) is -2.73. The van der Waals surface area contributed by atoms with Gasteiger partial charge in [-0.3, -0.25) is 4.79 Å². The highest BCUT2D eigenvalue weighted by Gasteiger charge is 2.38. The molecule has 0 unspecified atom stereocenters. The summed E-state index contributed by atoms with van der Waals surface area (Å²) in [4.78, 5) is 19.2. The number of ketones is 1. The molecule has 0 aliphatic carbocycles. The summed E-state index contributed by atoms with van der Waals surface area (Å²) in [6.07, 6.45) is -7.73. The minimum Gasteiger partial charge on any atom is -0.484 e. The van der Waals surface area contributed by atoms with Gasteiger partial charge >= 0.3 is 12.4 Å². The number of carbonyl (C=O) groups is 1. The Morgan fingerprint density at radius 2 is 1.69 bits per heavy atom. The van der Waals surface area contributed by atoms with Gasteiger partial charge in [-0.2, -0.15) is 31.3 Å². The summed E-state index contributed by atoms with van der Waals surface area (Å²) in [7, 11) is 0. The SMILES string of the molecule is O=C(COc1cc(Cl)c(-c2noc(-c3cn4cc(C(F)(F)F)cc(Cl)c4n3)n2)cc1Cl)C(F)(F)F. The Morgan fingerprint density at radius 3 is 2.34 bits per heavy atom. The molecule has 0 N–H and O–H groups in total. The zero-order valence-electron chi connectivity index (χ0n) is 16.5. The average Bonchev–Trinajstić information content (AvgIpc) is 3.39. The van der Waals surface area contributed by atoms with Gasteiger partial charge in [0.25, 0.3) is 11.7 Å². The summed E-state index contributed by atoms with van der Waals surface area (Å²) >= 11 is 18.1. The predicted octanol–water partition coefficient (Wildman–Crippen LogP) is 6.54. The van der Waals surface area contributed by atoms with Crippen molar-refractivity contribution in [3.05, 3.63) is 51.2 Å². The molecule has 0 radical (unpaired) electrons. The van der Waals surface area contributed by atoms with Gasteiger partial charge in [-0.1, -0.05) is 40.0 Å². The molecule has 0 amide bonds. The summed E-state index contributed by atoms with van der Waals surface area (Å²) < 4.78 is 87.0. The third kappa shape index (κ3) is 5.16. The molecule has 4 rings (SSSR count). The molecule has 0 saturated heterocycles. The van der Waals surface area contributed by atoms with Crippen LogP contribution in [0.2, 0.25) is 15.1 Å². The van der Waals surface area contributed by atoms with Crippen LogP contribution in [0.3, 0.4) is 0 Å². The van der Waals surface area contributed by atoms with Crippen LogP contribution in [0.1, 0.15) is 5.56 Å². The summed E-state index contributed by atoms with van der Waals surface area (Å²) in [5, 5.41) is 3.14. The maximum absolute atomic E-state index is 13.0. The van der Waals surface area contributed by atoms with Gasteiger partial charge in [-0.25, -0.2) is 4.98 Å². The Morgan fingerprint density at radius 1 is 0.971 bits per heavy atom. The third-order valence-electron chi connectivity index (χ3n) is 4.42. The quantitative estimate of drug-likeness (QED) is 0.258. The summed E-state index contributed by atoms with van der Waals surface area (Å²) in [6.45, 7) is -1.31. The number of nitrogens with zero attached hydrogens (tertiary/aromatic N) is 4. The van der Waals surface area contributed by atoms with E-state index in [0.29, 0.717) is 0 Å². The molecule has 1 aromatic carbocycles. The first-order valence-corrected chi connectivity index (χ1v) is 10.2. The maximum Gasteiger partial charge on any atom is 0.453 e. The monoisotopic (exact) mass is 558 g/mol. The molecule has 0 aliphatic rings. The Kier molecular flexibility index (Phi) is 6.36. The number of pyridine rings is 1. The van der Waals surface area contributed by atoms with Gasteiger partial charge in [-0.05, 0) is 12.1 Å². The smallest absolute Gasteiger partial charge is 0.453 e. The normalized spacial score (nSPS) is 12.4. The second-order valence-corrected chi connectivity index (χ2v) is 8.05. The molecule has 16 heteroatoms. The Hall–Kier alpha value is -3.03. The second kappa shape index (κ2) is 8.88. The first kappa shape index (κ1) is 25.1. The van der Waals surface area contributed by atoms with Gasteiger partial charge in [-0.15, -0.1) is 0 Å². The molecular weight excluding hydrogens is 553 g/mol. The van der Waals surface area contributed by atoms with E-state index in [1.165, 1.54) is 12.3 Å². The molecule has 0 fully saturated rings. The van der Waals surface area contributed by atoms with Crippen molar-refractivity contribution in [2.45, 2.75) is 12.4 Å². The number of fused-ring (bicyclic) bond motifs is 1. The van der Waals surface area contributed by atoms with Crippen molar-refractivity contribution in [2.75, 3.05) is 6.61 Å². The number of alkyl halides is 6. The highest BCUT2D eigenvalue weighted by molar-refractivity contribution is 6.36. The van der Waals surface area contributed by atoms with Crippen molar-refractivity contribution in [3.8, 4) is 28.7 Å². The van der Waals surface area contributed by atoms with E-state index in [-0.39, 0.29) is 49.4 Å².